The number of aryl methyl sites for hydroxylation is 1. The molecule has 0 radical (unpaired) electrons. The van der Waals surface area contributed by atoms with Crippen LogP contribution >= 0.6 is 11.3 Å². The van der Waals surface area contributed by atoms with Crippen molar-refractivity contribution in [1.82, 2.24) is 0 Å². The van der Waals surface area contributed by atoms with E-state index in [0.29, 0.717) is 0 Å². The molecule has 1 atom stereocenters. The minimum Gasteiger partial charge on any atom is -0.148 e. The maximum atomic E-state index is 2.37. The maximum Gasteiger partial charge on any atom is 0.0105 e. The molecular formula is C10H14S. The van der Waals surface area contributed by atoms with Gasteiger partial charge in [0, 0.05) is 4.88 Å². The number of hydrogen-bond acceptors (Lipinski definition) is 1. The van der Waals surface area contributed by atoms with Crippen molar-refractivity contribution in [1.29, 1.82) is 0 Å². The van der Waals surface area contributed by atoms with Crippen LogP contribution < -0.4 is 0 Å². The van der Waals surface area contributed by atoms with Crippen LogP contribution in [0.15, 0.2) is 11.4 Å². The molecule has 1 aliphatic rings. The zero-order valence-corrected chi connectivity index (χ0v) is 7.95. The molecule has 1 unspecified atom stereocenters. The molecule has 1 heterocycles. The smallest absolute Gasteiger partial charge is 0.0105 e. The Bertz CT molecular complexity index is 245. The van der Waals surface area contributed by atoms with E-state index in [0.717, 1.165) is 11.8 Å². The number of rotatable bonds is 2. The zero-order valence-electron chi connectivity index (χ0n) is 7.13. The second-order valence-electron chi connectivity index (χ2n) is 3.59. The van der Waals surface area contributed by atoms with E-state index in [2.05, 4.69) is 25.3 Å². The van der Waals surface area contributed by atoms with Crippen LogP contribution in [0.2, 0.25) is 0 Å². The molecule has 0 saturated heterocycles. The summed E-state index contributed by atoms with van der Waals surface area (Å²) in [5.41, 5.74) is 1.49. The Balaban J connectivity index is 2.20. The first-order valence-corrected chi connectivity index (χ1v) is 5.21. The summed E-state index contributed by atoms with van der Waals surface area (Å²) in [4.78, 5) is 1.62. The second kappa shape index (κ2) is 2.63. The average molecular weight is 166 g/mol. The molecular weight excluding hydrogens is 152 g/mol. The monoisotopic (exact) mass is 166 g/mol. The fraction of sp³-hybridized carbons (Fsp3) is 0.600. The molecule has 2 rings (SSSR count). The highest BCUT2D eigenvalue weighted by Crippen LogP contribution is 2.44. The van der Waals surface area contributed by atoms with E-state index < -0.39 is 0 Å². The van der Waals surface area contributed by atoms with Gasteiger partial charge in [0.1, 0.15) is 0 Å². The number of hydrogen-bond donors (Lipinski definition) is 0. The molecule has 0 nitrogen and oxygen atoms in total. The summed E-state index contributed by atoms with van der Waals surface area (Å²) >= 11 is 1.93. The van der Waals surface area contributed by atoms with Crippen molar-refractivity contribution in [3.8, 4) is 0 Å². The SMILES string of the molecule is Cc1ccsc1C(C)C1CC1. The molecule has 11 heavy (non-hydrogen) atoms. The highest BCUT2D eigenvalue weighted by Gasteiger charge is 2.30. The van der Waals surface area contributed by atoms with Crippen LogP contribution in [0.1, 0.15) is 36.1 Å². The molecule has 0 aromatic carbocycles. The molecule has 0 aliphatic heterocycles. The lowest BCUT2D eigenvalue weighted by Crippen LogP contribution is -1.93. The standard InChI is InChI=1S/C10H14S/c1-7-5-6-11-10(7)8(2)9-3-4-9/h5-6,8-9H,3-4H2,1-2H3. The first kappa shape index (κ1) is 7.35. The third kappa shape index (κ3) is 1.34. The van der Waals surface area contributed by atoms with Crippen molar-refractivity contribution < 1.29 is 0 Å². The minimum atomic E-state index is 0.829. The minimum absolute atomic E-state index is 0.829. The summed E-state index contributed by atoms with van der Waals surface area (Å²) in [6.07, 6.45) is 2.91. The molecule has 0 amide bonds. The molecule has 1 aromatic heterocycles. The van der Waals surface area contributed by atoms with Gasteiger partial charge in [-0.1, -0.05) is 6.92 Å². The highest BCUT2D eigenvalue weighted by atomic mass is 32.1. The molecule has 1 heteroatoms. The molecule has 1 saturated carbocycles. The Morgan fingerprint density at radius 1 is 1.55 bits per heavy atom. The summed E-state index contributed by atoms with van der Waals surface area (Å²) in [6.45, 7) is 4.60. The van der Waals surface area contributed by atoms with Crippen molar-refractivity contribution >= 4 is 11.3 Å². The topological polar surface area (TPSA) is 0 Å². The first-order valence-electron chi connectivity index (χ1n) is 4.33. The van der Waals surface area contributed by atoms with E-state index in [4.69, 9.17) is 0 Å². The molecule has 0 bridgehead atoms. The average Bonchev–Trinajstić information content (AvgIpc) is 2.74. The molecule has 0 N–H and O–H groups in total. The predicted molar refractivity (Wildman–Crippen MR) is 50.2 cm³/mol. The normalized spacial score (nSPS) is 20.2. The lowest BCUT2D eigenvalue weighted by Gasteiger charge is -2.07. The van der Waals surface area contributed by atoms with Crippen molar-refractivity contribution in [3.63, 3.8) is 0 Å². The van der Waals surface area contributed by atoms with Gasteiger partial charge in [0.25, 0.3) is 0 Å². The van der Waals surface area contributed by atoms with Gasteiger partial charge >= 0.3 is 0 Å². The van der Waals surface area contributed by atoms with Crippen LogP contribution in [-0.2, 0) is 0 Å². The van der Waals surface area contributed by atoms with Gasteiger partial charge in [0.05, 0.1) is 0 Å². The predicted octanol–water partition coefficient (Wildman–Crippen LogP) is 3.57. The van der Waals surface area contributed by atoms with Crippen LogP contribution in [0.3, 0.4) is 0 Å². The van der Waals surface area contributed by atoms with Crippen LogP contribution in [0.5, 0.6) is 0 Å². The Morgan fingerprint density at radius 2 is 2.27 bits per heavy atom. The van der Waals surface area contributed by atoms with E-state index in [1.165, 1.54) is 18.4 Å². The van der Waals surface area contributed by atoms with Crippen molar-refractivity contribution in [3.05, 3.63) is 21.9 Å². The second-order valence-corrected chi connectivity index (χ2v) is 4.54. The van der Waals surface area contributed by atoms with E-state index in [-0.39, 0.29) is 0 Å². The maximum absolute atomic E-state index is 2.37. The Labute approximate surface area is 72.3 Å². The Hall–Kier alpha value is -0.300. The largest absolute Gasteiger partial charge is 0.148 e. The lowest BCUT2D eigenvalue weighted by molar-refractivity contribution is 0.672. The summed E-state index contributed by atoms with van der Waals surface area (Å²) in [5, 5.41) is 2.21. The lowest BCUT2D eigenvalue weighted by atomic mass is 10.0. The third-order valence-corrected chi connectivity index (χ3v) is 3.86. The summed E-state index contributed by atoms with van der Waals surface area (Å²) in [6, 6.07) is 2.24. The van der Waals surface area contributed by atoms with Crippen LogP contribution in [-0.4, -0.2) is 0 Å². The highest BCUT2D eigenvalue weighted by molar-refractivity contribution is 7.10. The molecule has 1 aliphatic carbocycles. The van der Waals surface area contributed by atoms with Crippen molar-refractivity contribution in [2.24, 2.45) is 5.92 Å². The number of thiophene rings is 1. The van der Waals surface area contributed by atoms with E-state index in [9.17, 15) is 0 Å². The Morgan fingerprint density at radius 3 is 2.73 bits per heavy atom. The van der Waals surface area contributed by atoms with Crippen molar-refractivity contribution in [2.45, 2.75) is 32.6 Å². The Kier molecular flexibility index (Phi) is 1.76. The van der Waals surface area contributed by atoms with Gasteiger partial charge < -0.3 is 0 Å². The fourth-order valence-corrected chi connectivity index (χ4v) is 2.74. The van der Waals surface area contributed by atoms with E-state index in [1.54, 1.807) is 4.88 Å². The summed E-state index contributed by atoms with van der Waals surface area (Å²) in [5.74, 6) is 1.84. The van der Waals surface area contributed by atoms with Gasteiger partial charge in [-0.15, -0.1) is 11.3 Å². The summed E-state index contributed by atoms with van der Waals surface area (Å²) in [7, 11) is 0. The zero-order chi connectivity index (χ0) is 7.84. The van der Waals surface area contributed by atoms with E-state index in [1.807, 2.05) is 11.3 Å². The summed E-state index contributed by atoms with van der Waals surface area (Å²) < 4.78 is 0. The van der Waals surface area contributed by atoms with Gasteiger partial charge in [-0.2, -0.15) is 0 Å². The molecule has 0 spiro atoms. The molecule has 1 fully saturated rings. The molecule has 1 aromatic rings. The molecule has 60 valence electrons. The van der Waals surface area contributed by atoms with Crippen LogP contribution in [0.4, 0.5) is 0 Å². The van der Waals surface area contributed by atoms with Crippen LogP contribution in [0.25, 0.3) is 0 Å². The van der Waals surface area contributed by atoms with E-state index >= 15 is 0 Å². The third-order valence-electron chi connectivity index (χ3n) is 2.64. The van der Waals surface area contributed by atoms with Crippen molar-refractivity contribution in [2.75, 3.05) is 0 Å². The van der Waals surface area contributed by atoms with Gasteiger partial charge in [0.15, 0.2) is 0 Å². The van der Waals surface area contributed by atoms with Crippen LogP contribution in [0, 0.1) is 12.8 Å². The van der Waals surface area contributed by atoms with Gasteiger partial charge in [0.2, 0.25) is 0 Å². The van der Waals surface area contributed by atoms with Gasteiger partial charge in [-0.25, -0.2) is 0 Å². The fourth-order valence-electron chi connectivity index (χ4n) is 1.66. The van der Waals surface area contributed by atoms with Gasteiger partial charge in [-0.05, 0) is 48.6 Å². The van der Waals surface area contributed by atoms with Gasteiger partial charge in [-0.3, -0.25) is 0 Å². The first-order chi connectivity index (χ1) is 5.29. The quantitative estimate of drug-likeness (QED) is 0.630.